The number of ether oxygens (including phenoxy) is 1. The lowest BCUT2D eigenvalue weighted by molar-refractivity contribution is -0.125. The largest absolute Gasteiger partial charge is 0.493 e. The van der Waals surface area contributed by atoms with Crippen LogP contribution in [0.3, 0.4) is 0 Å². The number of carbonyl (C=O) groups is 1. The molecule has 1 atom stereocenters. The summed E-state index contributed by atoms with van der Waals surface area (Å²) in [7, 11) is 0. The van der Waals surface area contributed by atoms with Crippen molar-refractivity contribution in [2.45, 2.75) is 19.4 Å². The molecule has 3 aromatic rings. The van der Waals surface area contributed by atoms with Gasteiger partial charge in [-0.3, -0.25) is 4.79 Å². The molecular weight excluding hydrogens is 377 g/mol. The van der Waals surface area contributed by atoms with Gasteiger partial charge in [-0.2, -0.15) is 0 Å². The summed E-state index contributed by atoms with van der Waals surface area (Å²) in [6, 6.07) is 11.9. The van der Waals surface area contributed by atoms with Gasteiger partial charge in [-0.05, 0) is 30.7 Å². The fourth-order valence-electron chi connectivity index (χ4n) is 2.41. The molecule has 1 amide bonds. The highest BCUT2D eigenvalue weighted by molar-refractivity contribution is 6.35. The molecule has 0 aliphatic rings. The van der Waals surface area contributed by atoms with Crippen molar-refractivity contribution in [3.8, 4) is 11.6 Å². The SMILES string of the molecule is CC[C@H](Oc1ccc(Cl)cc1Cl)C(=O)N=Nc1c(O)[nH]c2ccccc12. The Bertz CT molecular complexity index is 985. The lowest BCUT2D eigenvalue weighted by atomic mass is 10.2. The van der Waals surface area contributed by atoms with Gasteiger partial charge in [-0.15, -0.1) is 10.2 Å². The number of aromatic hydroxyl groups is 1. The summed E-state index contributed by atoms with van der Waals surface area (Å²) in [5, 5.41) is 19.0. The maximum Gasteiger partial charge on any atom is 0.305 e. The quantitative estimate of drug-likeness (QED) is 0.550. The third-order valence-corrected chi connectivity index (χ3v) is 4.25. The van der Waals surface area contributed by atoms with Crippen molar-refractivity contribution >= 4 is 45.7 Å². The predicted octanol–water partition coefficient (Wildman–Crippen LogP) is 5.65. The van der Waals surface area contributed by atoms with E-state index in [4.69, 9.17) is 27.9 Å². The zero-order valence-electron chi connectivity index (χ0n) is 13.7. The van der Waals surface area contributed by atoms with Gasteiger partial charge in [0, 0.05) is 10.4 Å². The summed E-state index contributed by atoms with van der Waals surface area (Å²) < 4.78 is 5.63. The minimum atomic E-state index is -0.857. The Hall–Kier alpha value is -2.57. The Labute approximate surface area is 159 Å². The van der Waals surface area contributed by atoms with Crippen LogP contribution in [0.5, 0.6) is 11.6 Å². The van der Waals surface area contributed by atoms with Crippen molar-refractivity contribution in [2.75, 3.05) is 0 Å². The molecule has 0 unspecified atom stereocenters. The molecule has 0 spiro atoms. The fourth-order valence-corrected chi connectivity index (χ4v) is 2.86. The second kappa shape index (κ2) is 7.76. The number of nitrogens with one attached hydrogen (secondary N) is 1. The first-order valence-corrected chi connectivity index (χ1v) is 8.62. The molecule has 8 heteroatoms. The van der Waals surface area contributed by atoms with Crippen LogP contribution in [0.15, 0.2) is 52.7 Å². The maximum absolute atomic E-state index is 12.4. The Morgan fingerprint density at radius 2 is 2.04 bits per heavy atom. The number of nitrogens with zero attached hydrogens (tertiary/aromatic N) is 2. The molecule has 0 aliphatic carbocycles. The van der Waals surface area contributed by atoms with Crippen LogP contribution >= 0.6 is 23.2 Å². The van der Waals surface area contributed by atoms with Gasteiger partial charge in [-0.1, -0.05) is 48.3 Å². The number of hydrogen-bond donors (Lipinski definition) is 2. The average molecular weight is 392 g/mol. The van der Waals surface area contributed by atoms with Crippen molar-refractivity contribution in [1.29, 1.82) is 0 Å². The van der Waals surface area contributed by atoms with Crippen molar-refractivity contribution in [1.82, 2.24) is 4.98 Å². The molecule has 0 bridgehead atoms. The molecule has 0 fully saturated rings. The van der Waals surface area contributed by atoms with Crippen molar-refractivity contribution in [3.05, 3.63) is 52.5 Å². The number of fused-ring (bicyclic) bond motifs is 1. The molecule has 3 rings (SSSR count). The van der Waals surface area contributed by atoms with Crippen LogP contribution in [-0.4, -0.2) is 22.1 Å². The van der Waals surface area contributed by atoms with Crippen molar-refractivity contribution in [2.24, 2.45) is 10.2 Å². The van der Waals surface area contributed by atoms with Crippen LogP contribution in [0, 0.1) is 0 Å². The minimum Gasteiger partial charge on any atom is -0.493 e. The minimum absolute atomic E-state index is 0.155. The molecule has 2 N–H and O–H groups in total. The van der Waals surface area contributed by atoms with Crippen LogP contribution in [0.4, 0.5) is 5.69 Å². The van der Waals surface area contributed by atoms with Gasteiger partial charge in [0.15, 0.2) is 11.8 Å². The molecule has 1 heterocycles. The fraction of sp³-hybridized carbons (Fsp3) is 0.167. The van der Waals surface area contributed by atoms with E-state index in [1.54, 1.807) is 37.3 Å². The number of hydrogen-bond acceptors (Lipinski definition) is 4. The molecule has 6 nitrogen and oxygen atoms in total. The van der Waals surface area contributed by atoms with Crippen LogP contribution < -0.4 is 4.74 Å². The van der Waals surface area contributed by atoms with E-state index in [9.17, 15) is 9.90 Å². The van der Waals surface area contributed by atoms with Crippen molar-refractivity contribution < 1.29 is 14.6 Å². The topological polar surface area (TPSA) is 87.0 Å². The summed E-state index contributed by atoms with van der Waals surface area (Å²) >= 11 is 11.9. The van der Waals surface area contributed by atoms with Crippen LogP contribution in [0.2, 0.25) is 10.0 Å². The molecule has 26 heavy (non-hydrogen) atoms. The summed E-state index contributed by atoms with van der Waals surface area (Å²) in [5.41, 5.74) is 0.899. The lowest BCUT2D eigenvalue weighted by Gasteiger charge is -2.14. The van der Waals surface area contributed by atoms with Crippen LogP contribution in [-0.2, 0) is 4.79 Å². The Morgan fingerprint density at radius 3 is 2.77 bits per heavy atom. The number of H-pyrrole nitrogens is 1. The lowest BCUT2D eigenvalue weighted by Crippen LogP contribution is -2.24. The Morgan fingerprint density at radius 1 is 1.27 bits per heavy atom. The molecular formula is C18H15Cl2N3O3. The number of azo groups is 1. The number of carbonyl (C=O) groups excluding carboxylic acids is 1. The second-order valence-electron chi connectivity index (χ2n) is 5.50. The van der Waals surface area contributed by atoms with Gasteiger partial charge in [0.05, 0.1) is 10.5 Å². The zero-order valence-corrected chi connectivity index (χ0v) is 15.3. The van der Waals surface area contributed by atoms with Crippen LogP contribution in [0.1, 0.15) is 13.3 Å². The smallest absolute Gasteiger partial charge is 0.305 e. The van der Waals surface area contributed by atoms with Gasteiger partial charge < -0.3 is 14.8 Å². The van der Waals surface area contributed by atoms with E-state index in [0.29, 0.717) is 33.1 Å². The monoisotopic (exact) mass is 391 g/mol. The highest BCUT2D eigenvalue weighted by atomic mass is 35.5. The summed E-state index contributed by atoms with van der Waals surface area (Å²) in [4.78, 5) is 15.1. The summed E-state index contributed by atoms with van der Waals surface area (Å²) in [5.74, 6) is -0.401. The first-order valence-electron chi connectivity index (χ1n) is 7.86. The molecule has 0 aliphatic heterocycles. The molecule has 134 valence electrons. The Balaban J connectivity index is 1.80. The summed E-state index contributed by atoms with van der Waals surface area (Å²) in [6.45, 7) is 1.78. The van der Waals surface area contributed by atoms with E-state index in [2.05, 4.69) is 15.2 Å². The number of para-hydroxylation sites is 1. The van der Waals surface area contributed by atoms with E-state index in [1.807, 2.05) is 6.07 Å². The van der Waals surface area contributed by atoms with E-state index in [1.165, 1.54) is 6.07 Å². The van der Waals surface area contributed by atoms with E-state index >= 15 is 0 Å². The molecule has 0 saturated heterocycles. The number of benzene rings is 2. The third-order valence-electron chi connectivity index (χ3n) is 3.72. The van der Waals surface area contributed by atoms with Gasteiger partial charge >= 0.3 is 5.91 Å². The van der Waals surface area contributed by atoms with Gasteiger partial charge in [0.25, 0.3) is 0 Å². The number of halogens is 2. The van der Waals surface area contributed by atoms with E-state index in [0.717, 1.165) is 0 Å². The Kier molecular flexibility index (Phi) is 5.44. The normalized spacial score (nSPS) is 12.6. The highest BCUT2D eigenvalue weighted by Gasteiger charge is 2.20. The zero-order chi connectivity index (χ0) is 18.7. The van der Waals surface area contributed by atoms with E-state index in [-0.39, 0.29) is 11.6 Å². The molecule has 1 aromatic heterocycles. The molecule has 0 radical (unpaired) electrons. The first-order chi connectivity index (χ1) is 12.5. The second-order valence-corrected chi connectivity index (χ2v) is 6.34. The van der Waals surface area contributed by atoms with Crippen LogP contribution in [0.25, 0.3) is 10.9 Å². The summed E-state index contributed by atoms with van der Waals surface area (Å²) in [6.07, 6.45) is -0.485. The predicted molar refractivity (Wildman–Crippen MR) is 101 cm³/mol. The molecule has 2 aromatic carbocycles. The molecule has 0 saturated carbocycles. The standard InChI is InChI=1S/C18H15Cl2N3O3/c1-2-14(26-15-8-7-10(19)9-12(15)20)17(24)23-22-16-11-5-3-4-6-13(11)21-18(16)25/h3-9,14,21,25H,2H2,1H3/t14-/m0/s1. The first kappa shape index (κ1) is 18.2. The van der Waals surface area contributed by atoms with Crippen molar-refractivity contribution in [3.63, 3.8) is 0 Å². The number of amides is 1. The van der Waals surface area contributed by atoms with Gasteiger partial charge in [-0.25, -0.2) is 0 Å². The number of aromatic nitrogens is 1. The van der Waals surface area contributed by atoms with Gasteiger partial charge in [0.1, 0.15) is 5.75 Å². The number of aromatic amines is 1. The highest BCUT2D eigenvalue weighted by Crippen LogP contribution is 2.35. The van der Waals surface area contributed by atoms with Gasteiger partial charge in [0.2, 0.25) is 5.88 Å². The maximum atomic E-state index is 12.4. The number of rotatable bonds is 5. The third kappa shape index (κ3) is 3.81. The average Bonchev–Trinajstić information content (AvgIpc) is 2.94. The van der Waals surface area contributed by atoms with E-state index < -0.39 is 12.0 Å².